The third-order valence-electron chi connectivity index (χ3n) is 6.23. The van der Waals surface area contributed by atoms with Crippen molar-refractivity contribution < 1.29 is 23.1 Å². The minimum atomic E-state index is -0.974. The first-order chi connectivity index (χ1) is 18.6. The zero-order chi connectivity index (χ0) is 28.0. The fourth-order valence-corrected chi connectivity index (χ4v) is 4.42. The van der Waals surface area contributed by atoms with Crippen LogP contribution in [0.1, 0.15) is 44.6 Å². The molecular formula is C27H36FN7O4. The Morgan fingerprint density at radius 3 is 2.49 bits per heavy atom. The molecule has 1 aliphatic rings. The number of aromatic nitrogens is 4. The summed E-state index contributed by atoms with van der Waals surface area (Å²) in [6.07, 6.45) is 0.633. The first-order valence-corrected chi connectivity index (χ1v) is 13.1. The highest BCUT2D eigenvalue weighted by Gasteiger charge is 2.33. The van der Waals surface area contributed by atoms with Gasteiger partial charge in [-0.1, -0.05) is 12.1 Å². The van der Waals surface area contributed by atoms with Gasteiger partial charge in [0.25, 0.3) is 0 Å². The van der Waals surface area contributed by atoms with Crippen molar-refractivity contribution in [2.45, 2.75) is 52.2 Å². The Bertz CT molecular complexity index is 1250. The standard InChI is InChI=1S/C27H36FN7O4/c1-19-6-11-22(39-19)25-30-32-35(31-25)18-23(36)34(13-5-12-33-14-16-38-17-15-33)24(26(37)29-27(2,3)4)20-7-9-21(28)10-8-20/h6-11,24H,5,12-18H2,1-4H3,(H,29,37)/t24-/m0/s1. The molecule has 0 unspecified atom stereocenters. The quantitative estimate of drug-likeness (QED) is 0.416. The van der Waals surface area contributed by atoms with Crippen LogP contribution in [0.2, 0.25) is 0 Å². The minimum Gasteiger partial charge on any atom is -0.458 e. The number of carbonyl (C=O) groups is 2. The van der Waals surface area contributed by atoms with Crippen molar-refractivity contribution in [2.24, 2.45) is 0 Å². The van der Waals surface area contributed by atoms with Gasteiger partial charge in [-0.3, -0.25) is 14.5 Å². The smallest absolute Gasteiger partial charge is 0.247 e. The Morgan fingerprint density at radius 2 is 1.85 bits per heavy atom. The van der Waals surface area contributed by atoms with Gasteiger partial charge in [-0.2, -0.15) is 4.80 Å². The van der Waals surface area contributed by atoms with Gasteiger partial charge in [-0.15, -0.1) is 10.2 Å². The lowest BCUT2D eigenvalue weighted by atomic mass is 10.0. The number of ether oxygens (including phenoxy) is 1. The van der Waals surface area contributed by atoms with Crippen LogP contribution in [0.4, 0.5) is 4.39 Å². The number of benzene rings is 1. The van der Waals surface area contributed by atoms with E-state index in [2.05, 4.69) is 25.6 Å². The molecule has 0 aliphatic carbocycles. The SMILES string of the molecule is Cc1ccc(-c2nnn(CC(=O)N(CCCN3CCOCC3)[C@H](C(=O)NC(C)(C)C)c3ccc(F)cc3)n2)o1. The fraction of sp³-hybridized carbons (Fsp3) is 0.519. The lowest BCUT2D eigenvalue weighted by Gasteiger charge is -2.34. The molecule has 0 bridgehead atoms. The highest BCUT2D eigenvalue weighted by molar-refractivity contribution is 5.89. The lowest BCUT2D eigenvalue weighted by molar-refractivity contribution is -0.142. The maximum Gasteiger partial charge on any atom is 0.247 e. The van der Waals surface area contributed by atoms with E-state index in [9.17, 15) is 14.0 Å². The summed E-state index contributed by atoms with van der Waals surface area (Å²) >= 11 is 0. The number of halogens is 1. The largest absolute Gasteiger partial charge is 0.458 e. The topological polar surface area (TPSA) is 119 Å². The van der Waals surface area contributed by atoms with Crippen molar-refractivity contribution in [3.8, 4) is 11.6 Å². The molecule has 11 nitrogen and oxygen atoms in total. The van der Waals surface area contributed by atoms with Crippen molar-refractivity contribution in [1.29, 1.82) is 0 Å². The van der Waals surface area contributed by atoms with E-state index in [0.29, 0.717) is 43.3 Å². The number of morpholine rings is 1. The number of nitrogens with one attached hydrogen (secondary N) is 1. The highest BCUT2D eigenvalue weighted by Crippen LogP contribution is 2.24. The van der Waals surface area contributed by atoms with Gasteiger partial charge in [-0.25, -0.2) is 4.39 Å². The molecule has 3 aromatic rings. The van der Waals surface area contributed by atoms with Gasteiger partial charge >= 0.3 is 0 Å². The molecule has 1 N–H and O–H groups in total. The van der Waals surface area contributed by atoms with Crippen LogP contribution in [-0.4, -0.2) is 86.8 Å². The van der Waals surface area contributed by atoms with Gasteiger partial charge in [0.15, 0.2) is 5.76 Å². The van der Waals surface area contributed by atoms with Crippen LogP contribution < -0.4 is 5.32 Å². The first kappa shape index (κ1) is 28.4. The van der Waals surface area contributed by atoms with E-state index in [-0.39, 0.29) is 24.2 Å². The Balaban J connectivity index is 1.59. The molecule has 1 fully saturated rings. The number of hydrogen-bond donors (Lipinski definition) is 1. The molecule has 39 heavy (non-hydrogen) atoms. The van der Waals surface area contributed by atoms with Crippen molar-refractivity contribution in [2.75, 3.05) is 39.4 Å². The normalized spacial score (nSPS) is 15.2. The van der Waals surface area contributed by atoms with Gasteiger partial charge in [0.1, 0.15) is 24.2 Å². The van der Waals surface area contributed by atoms with E-state index in [1.54, 1.807) is 12.1 Å². The zero-order valence-electron chi connectivity index (χ0n) is 22.9. The molecule has 1 saturated heterocycles. The summed E-state index contributed by atoms with van der Waals surface area (Å²) in [5.74, 6) is 0.266. The number of tetrazole rings is 1. The van der Waals surface area contributed by atoms with Crippen LogP contribution in [0.5, 0.6) is 0 Å². The second-order valence-electron chi connectivity index (χ2n) is 10.6. The lowest BCUT2D eigenvalue weighted by Crippen LogP contribution is -2.50. The van der Waals surface area contributed by atoms with Crippen LogP contribution in [0.15, 0.2) is 40.8 Å². The van der Waals surface area contributed by atoms with E-state index in [4.69, 9.17) is 9.15 Å². The van der Waals surface area contributed by atoms with E-state index in [1.165, 1.54) is 34.0 Å². The van der Waals surface area contributed by atoms with E-state index in [0.717, 1.165) is 19.6 Å². The molecule has 1 aromatic carbocycles. The van der Waals surface area contributed by atoms with Crippen molar-refractivity contribution >= 4 is 11.8 Å². The molecule has 3 heterocycles. The van der Waals surface area contributed by atoms with Crippen molar-refractivity contribution in [3.63, 3.8) is 0 Å². The monoisotopic (exact) mass is 541 g/mol. The number of rotatable bonds is 10. The number of aryl methyl sites for hydroxylation is 1. The number of amides is 2. The predicted molar refractivity (Wildman–Crippen MR) is 141 cm³/mol. The van der Waals surface area contributed by atoms with Crippen LogP contribution in [0.25, 0.3) is 11.6 Å². The summed E-state index contributed by atoms with van der Waals surface area (Å²) in [4.78, 5) is 32.4. The van der Waals surface area contributed by atoms with Crippen LogP contribution in [0, 0.1) is 12.7 Å². The molecule has 2 amide bonds. The average Bonchev–Trinajstić information content (AvgIpc) is 3.53. The van der Waals surface area contributed by atoms with Gasteiger partial charge in [0.2, 0.25) is 17.6 Å². The maximum atomic E-state index is 13.8. The van der Waals surface area contributed by atoms with Gasteiger partial charge in [-0.05, 0) is 69.2 Å². The molecule has 1 aliphatic heterocycles. The van der Waals surface area contributed by atoms with E-state index >= 15 is 0 Å². The van der Waals surface area contributed by atoms with Gasteiger partial charge in [0.05, 0.1) is 13.2 Å². The summed E-state index contributed by atoms with van der Waals surface area (Å²) in [6.45, 7) is 11.2. The minimum absolute atomic E-state index is 0.231. The summed E-state index contributed by atoms with van der Waals surface area (Å²) in [5, 5.41) is 15.3. The molecule has 0 spiro atoms. The van der Waals surface area contributed by atoms with Gasteiger partial charge in [0, 0.05) is 31.7 Å². The molecular weight excluding hydrogens is 505 g/mol. The van der Waals surface area contributed by atoms with Crippen LogP contribution >= 0.6 is 0 Å². The number of nitrogens with zero attached hydrogens (tertiary/aromatic N) is 6. The first-order valence-electron chi connectivity index (χ1n) is 13.1. The Morgan fingerprint density at radius 1 is 1.13 bits per heavy atom. The molecule has 210 valence electrons. The van der Waals surface area contributed by atoms with Crippen molar-refractivity contribution in [3.05, 3.63) is 53.5 Å². The molecule has 0 radical (unpaired) electrons. The number of carbonyl (C=O) groups excluding carboxylic acids is 2. The number of hydrogen-bond acceptors (Lipinski definition) is 8. The zero-order valence-corrected chi connectivity index (χ0v) is 22.9. The summed E-state index contributed by atoms with van der Waals surface area (Å²) in [7, 11) is 0. The summed E-state index contributed by atoms with van der Waals surface area (Å²) < 4.78 is 24.8. The Labute approximate surface area is 227 Å². The fourth-order valence-electron chi connectivity index (χ4n) is 4.42. The van der Waals surface area contributed by atoms with Crippen LogP contribution in [0.3, 0.4) is 0 Å². The van der Waals surface area contributed by atoms with Crippen LogP contribution in [-0.2, 0) is 20.9 Å². The predicted octanol–water partition coefficient (Wildman–Crippen LogP) is 2.59. The molecule has 1 atom stereocenters. The summed E-state index contributed by atoms with van der Waals surface area (Å²) in [5.41, 5.74) is -0.0299. The highest BCUT2D eigenvalue weighted by atomic mass is 19.1. The molecule has 2 aromatic heterocycles. The van der Waals surface area contributed by atoms with Crippen molar-refractivity contribution in [1.82, 2.24) is 35.3 Å². The molecule has 4 rings (SSSR count). The third kappa shape index (κ3) is 7.93. The second-order valence-corrected chi connectivity index (χ2v) is 10.6. The van der Waals surface area contributed by atoms with Gasteiger partial charge < -0.3 is 19.4 Å². The van der Waals surface area contributed by atoms with E-state index < -0.39 is 17.4 Å². The molecule has 0 saturated carbocycles. The number of furan rings is 1. The molecule has 12 heteroatoms. The Kier molecular flexibility index (Phi) is 9.08. The third-order valence-corrected chi connectivity index (χ3v) is 6.23. The van der Waals surface area contributed by atoms with E-state index in [1.807, 2.05) is 27.7 Å². The Hall–Kier alpha value is -3.64. The summed E-state index contributed by atoms with van der Waals surface area (Å²) in [6, 6.07) is 8.21. The second kappa shape index (κ2) is 12.5. The maximum absolute atomic E-state index is 13.8. The average molecular weight is 542 g/mol.